The molecule has 0 aliphatic heterocycles. The van der Waals surface area contributed by atoms with Crippen molar-refractivity contribution in [2.45, 2.75) is 6.92 Å². The Morgan fingerprint density at radius 2 is 1.73 bits per heavy atom. The first-order valence-electron chi connectivity index (χ1n) is 7.85. The molecule has 0 saturated heterocycles. The van der Waals surface area contributed by atoms with Gasteiger partial charge in [-0.15, -0.1) is 0 Å². The minimum Gasteiger partial charge on any atom is -0.494 e. The van der Waals surface area contributed by atoms with Crippen molar-refractivity contribution in [1.29, 1.82) is 0 Å². The molecule has 0 amide bonds. The molecule has 2 aromatic carbocycles. The number of carbonyl (C=O) groups is 2. The Balaban J connectivity index is 1.85. The van der Waals surface area contributed by atoms with Gasteiger partial charge in [0.1, 0.15) is 5.75 Å². The maximum Gasteiger partial charge on any atom is 0.331 e. The van der Waals surface area contributed by atoms with Gasteiger partial charge in [-0.05, 0) is 55.0 Å². The first kappa shape index (κ1) is 18.9. The van der Waals surface area contributed by atoms with Crippen LogP contribution in [0.4, 0.5) is 5.69 Å². The lowest BCUT2D eigenvalue weighted by Gasteiger charge is -2.05. The number of nitro benzene ring substituents is 1. The van der Waals surface area contributed by atoms with Crippen LogP contribution in [0.25, 0.3) is 6.08 Å². The van der Waals surface area contributed by atoms with Gasteiger partial charge < -0.3 is 9.47 Å². The van der Waals surface area contributed by atoms with Gasteiger partial charge in [-0.3, -0.25) is 14.9 Å². The van der Waals surface area contributed by atoms with Gasteiger partial charge in [0.05, 0.1) is 11.5 Å². The van der Waals surface area contributed by atoms with E-state index in [1.807, 2.05) is 6.92 Å². The smallest absolute Gasteiger partial charge is 0.331 e. The fourth-order valence-electron chi connectivity index (χ4n) is 2.04. The van der Waals surface area contributed by atoms with E-state index in [0.29, 0.717) is 23.5 Å². The molecule has 134 valence electrons. The van der Waals surface area contributed by atoms with Crippen molar-refractivity contribution in [3.63, 3.8) is 0 Å². The highest BCUT2D eigenvalue weighted by molar-refractivity contribution is 5.99. The Labute approximate surface area is 150 Å². The van der Waals surface area contributed by atoms with Crippen molar-refractivity contribution >= 4 is 23.5 Å². The summed E-state index contributed by atoms with van der Waals surface area (Å²) in [6.07, 6.45) is 2.61. The van der Waals surface area contributed by atoms with Crippen LogP contribution in [0.2, 0.25) is 0 Å². The predicted octanol–water partition coefficient (Wildman–Crippen LogP) is 3.43. The highest BCUT2D eigenvalue weighted by Crippen LogP contribution is 2.14. The van der Waals surface area contributed by atoms with Crippen molar-refractivity contribution in [3.05, 3.63) is 75.8 Å². The van der Waals surface area contributed by atoms with Crippen LogP contribution in [0.5, 0.6) is 5.75 Å². The van der Waals surface area contributed by atoms with Crippen molar-refractivity contribution in [3.8, 4) is 5.75 Å². The Bertz CT molecular complexity index is 809. The third-order valence-electron chi connectivity index (χ3n) is 3.35. The Morgan fingerprint density at radius 1 is 1.08 bits per heavy atom. The standard InChI is InChI=1S/C19H17NO6/c1-2-25-17-10-6-15(7-11-17)18(21)13-26-19(22)12-5-14-3-8-16(9-4-14)20(23)24/h3-12H,2,13H2,1H3. The average molecular weight is 355 g/mol. The molecule has 0 fully saturated rings. The summed E-state index contributed by atoms with van der Waals surface area (Å²) in [5.74, 6) is -0.347. The maximum atomic E-state index is 12.0. The van der Waals surface area contributed by atoms with Gasteiger partial charge in [0.15, 0.2) is 12.4 Å². The Morgan fingerprint density at radius 3 is 2.31 bits per heavy atom. The number of hydrogen-bond donors (Lipinski definition) is 0. The molecule has 2 rings (SSSR count). The number of ketones is 1. The highest BCUT2D eigenvalue weighted by atomic mass is 16.6. The fourth-order valence-corrected chi connectivity index (χ4v) is 2.04. The van der Waals surface area contributed by atoms with Crippen molar-refractivity contribution in [2.24, 2.45) is 0 Å². The predicted molar refractivity (Wildman–Crippen MR) is 95.0 cm³/mol. The monoisotopic (exact) mass is 355 g/mol. The third kappa shape index (κ3) is 5.55. The number of Topliss-reactive ketones (excluding diaryl/α,β-unsaturated/α-hetero) is 1. The van der Waals surface area contributed by atoms with Gasteiger partial charge >= 0.3 is 5.97 Å². The molecule has 0 radical (unpaired) electrons. The summed E-state index contributed by atoms with van der Waals surface area (Å²) in [5, 5.41) is 10.6. The zero-order chi connectivity index (χ0) is 18.9. The summed E-state index contributed by atoms with van der Waals surface area (Å²) in [7, 11) is 0. The number of benzene rings is 2. The molecule has 0 saturated carbocycles. The Kier molecular flexibility index (Phi) is 6.61. The average Bonchev–Trinajstić information content (AvgIpc) is 2.65. The first-order valence-corrected chi connectivity index (χ1v) is 7.85. The summed E-state index contributed by atoms with van der Waals surface area (Å²) >= 11 is 0. The molecule has 0 atom stereocenters. The van der Waals surface area contributed by atoms with E-state index < -0.39 is 10.9 Å². The first-order chi connectivity index (χ1) is 12.5. The molecular weight excluding hydrogens is 338 g/mol. The fraction of sp³-hybridized carbons (Fsp3) is 0.158. The van der Waals surface area contributed by atoms with Gasteiger partial charge in [0, 0.05) is 23.8 Å². The molecule has 7 nitrogen and oxygen atoms in total. The molecule has 0 aromatic heterocycles. The van der Waals surface area contributed by atoms with E-state index in [0.717, 1.165) is 6.08 Å². The van der Waals surface area contributed by atoms with Crippen LogP contribution in [0.3, 0.4) is 0 Å². The molecule has 7 heteroatoms. The summed E-state index contributed by atoms with van der Waals surface area (Å²) < 4.78 is 10.2. The van der Waals surface area contributed by atoms with Crippen LogP contribution in [0.15, 0.2) is 54.6 Å². The number of ether oxygens (including phenoxy) is 2. The lowest BCUT2D eigenvalue weighted by Crippen LogP contribution is -2.12. The normalized spacial score (nSPS) is 10.5. The summed E-state index contributed by atoms with van der Waals surface area (Å²) in [4.78, 5) is 33.7. The highest BCUT2D eigenvalue weighted by Gasteiger charge is 2.09. The maximum absolute atomic E-state index is 12.0. The zero-order valence-electron chi connectivity index (χ0n) is 14.1. The van der Waals surface area contributed by atoms with E-state index in [2.05, 4.69) is 0 Å². The number of nitrogens with zero attached hydrogens (tertiary/aromatic N) is 1. The molecule has 0 aliphatic carbocycles. The molecular formula is C19H17NO6. The van der Waals surface area contributed by atoms with E-state index in [4.69, 9.17) is 9.47 Å². The molecule has 0 spiro atoms. The van der Waals surface area contributed by atoms with Gasteiger partial charge in [-0.25, -0.2) is 4.79 Å². The molecule has 0 bridgehead atoms. The van der Waals surface area contributed by atoms with E-state index in [1.54, 1.807) is 24.3 Å². The van der Waals surface area contributed by atoms with Crippen molar-refractivity contribution in [1.82, 2.24) is 0 Å². The molecule has 0 N–H and O–H groups in total. The van der Waals surface area contributed by atoms with Crippen molar-refractivity contribution < 1.29 is 24.0 Å². The van der Waals surface area contributed by atoms with E-state index >= 15 is 0 Å². The molecule has 2 aromatic rings. The van der Waals surface area contributed by atoms with Crippen LogP contribution in [-0.4, -0.2) is 29.9 Å². The van der Waals surface area contributed by atoms with Gasteiger partial charge in [-0.2, -0.15) is 0 Å². The number of non-ortho nitro benzene ring substituents is 1. The third-order valence-corrected chi connectivity index (χ3v) is 3.35. The minimum absolute atomic E-state index is 0.0364. The van der Waals surface area contributed by atoms with Crippen LogP contribution in [-0.2, 0) is 9.53 Å². The SMILES string of the molecule is CCOc1ccc(C(=O)COC(=O)C=Cc2ccc([N+](=O)[O-])cc2)cc1. The summed E-state index contributed by atoms with van der Waals surface area (Å²) in [6, 6.07) is 12.2. The van der Waals surface area contributed by atoms with Crippen LogP contribution >= 0.6 is 0 Å². The minimum atomic E-state index is -0.678. The summed E-state index contributed by atoms with van der Waals surface area (Å²) in [5.41, 5.74) is 0.983. The Hall–Kier alpha value is -3.48. The number of rotatable bonds is 8. The van der Waals surface area contributed by atoms with Gasteiger partial charge in [-0.1, -0.05) is 0 Å². The lowest BCUT2D eigenvalue weighted by molar-refractivity contribution is -0.384. The quantitative estimate of drug-likeness (QED) is 0.237. The van der Waals surface area contributed by atoms with E-state index in [1.165, 1.54) is 30.3 Å². The number of hydrogen-bond acceptors (Lipinski definition) is 6. The second-order valence-electron chi connectivity index (χ2n) is 5.17. The summed E-state index contributed by atoms with van der Waals surface area (Å²) in [6.45, 7) is 2.02. The largest absolute Gasteiger partial charge is 0.494 e. The second-order valence-corrected chi connectivity index (χ2v) is 5.17. The lowest BCUT2D eigenvalue weighted by atomic mass is 10.1. The van der Waals surface area contributed by atoms with E-state index in [-0.39, 0.29) is 18.1 Å². The molecule has 26 heavy (non-hydrogen) atoms. The van der Waals surface area contributed by atoms with Crippen molar-refractivity contribution in [2.75, 3.05) is 13.2 Å². The topological polar surface area (TPSA) is 95.7 Å². The van der Waals surface area contributed by atoms with Gasteiger partial charge in [0.25, 0.3) is 5.69 Å². The van der Waals surface area contributed by atoms with Crippen LogP contribution in [0.1, 0.15) is 22.8 Å². The number of nitro groups is 1. The molecule has 0 unspecified atom stereocenters. The van der Waals surface area contributed by atoms with Gasteiger partial charge in [0.2, 0.25) is 0 Å². The van der Waals surface area contributed by atoms with E-state index in [9.17, 15) is 19.7 Å². The zero-order valence-corrected chi connectivity index (χ0v) is 14.1. The second kappa shape index (κ2) is 9.12. The molecule has 0 heterocycles. The van der Waals surface area contributed by atoms with Crippen LogP contribution < -0.4 is 4.74 Å². The number of carbonyl (C=O) groups excluding carboxylic acids is 2. The number of esters is 1. The van der Waals surface area contributed by atoms with Crippen LogP contribution in [0, 0.1) is 10.1 Å². The molecule has 0 aliphatic rings.